The molecule has 2 aromatic rings. The molecule has 3 N–H and O–H groups in total. The van der Waals surface area contributed by atoms with Crippen molar-refractivity contribution in [2.24, 2.45) is 0 Å². The molecule has 0 bridgehead atoms. The third kappa shape index (κ3) is 4.67. The van der Waals surface area contributed by atoms with Gasteiger partial charge in [0, 0.05) is 12.1 Å². The van der Waals surface area contributed by atoms with Crippen LogP contribution in [0.5, 0.6) is 0 Å². The van der Waals surface area contributed by atoms with E-state index in [4.69, 9.17) is 10.2 Å². The Balaban J connectivity index is 2.02. The standard InChI is InChI=1S/C18H17NO5/c20-16(21)7-3-4-12-8-10-13(11-9-12)19-17(22)14-5-1-2-6-15(14)18(23)24/h1-2,5-6,8-11H,3-4,7H2,(H,19,22)(H,20,21)(H,23,24). The zero-order valence-corrected chi connectivity index (χ0v) is 12.9. The number of anilines is 1. The van der Waals surface area contributed by atoms with Crippen LogP contribution >= 0.6 is 0 Å². The fourth-order valence-corrected chi connectivity index (χ4v) is 2.26. The lowest BCUT2D eigenvalue weighted by atomic mass is 10.1. The molecule has 6 heteroatoms. The van der Waals surface area contributed by atoms with Crippen LogP contribution in [0.4, 0.5) is 5.69 Å². The van der Waals surface area contributed by atoms with Gasteiger partial charge in [0.05, 0.1) is 11.1 Å². The van der Waals surface area contributed by atoms with Crippen LogP contribution in [0.3, 0.4) is 0 Å². The first-order valence-corrected chi connectivity index (χ1v) is 7.42. The Morgan fingerprint density at radius 3 is 2.08 bits per heavy atom. The molecule has 1 amide bonds. The van der Waals surface area contributed by atoms with Gasteiger partial charge in [-0.25, -0.2) is 4.79 Å². The van der Waals surface area contributed by atoms with Gasteiger partial charge in [-0.1, -0.05) is 24.3 Å². The lowest BCUT2D eigenvalue weighted by Crippen LogP contribution is -2.16. The van der Waals surface area contributed by atoms with Gasteiger partial charge in [0.15, 0.2) is 0 Å². The molecule has 0 atom stereocenters. The topological polar surface area (TPSA) is 104 Å². The second-order valence-electron chi connectivity index (χ2n) is 5.25. The second kappa shape index (κ2) is 7.92. The minimum absolute atomic E-state index is 0.0553. The Labute approximate surface area is 138 Å². The van der Waals surface area contributed by atoms with Crippen molar-refractivity contribution in [3.63, 3.8) is 0 Å². The Morgan fingerprint density at radius 2 is 1.50 bits per heavy atom. The number of nitrogens with one attached hydrogen (secondary N) is 1. The molecular weight excluding hydrogens is 310 g/mol. The minimum atomic E-state index is -1.16. The van der Waals surface area contributed by atoms with Crippen LogP contribution in [0.2, 0.25) is 0 Å². The number of aryl methyl sites for hydroxylation is 1. The predicted molar refractivity (Wildman–Crippen MR) is 88.4 cm³/mol. The summed E-state index contributed by atoms with van der Waals surface area (Å²) in [4.78, 5) is 33.9. The molecule has 24 heavy (non-hydrogen) atoms. The first-order chi connectivity index (χ1) is 11.5. The predicted octanol–water partition coefficient (Wildman–Crippen LogP) is 3.04. The van der Waals surface area contributed by atoms with E-state index in [0.717, 1.165) is 5.56 Å². The number of aromatic carboxylic acids is 1. The van der Waals surface area contributed by atoms with Crippen molar-refractivity contribution in [1.82, 2.24) is 0 Å². The Hall–Kier alpha value is -3.15. The van der Waals surface area contributed by atoms with Crippen molar-refractivity contribution in [3.8, 4) is 0 Å². The number of rotatable bonds is 7. The Bertz CT molecular complexity index is 752. The van der Waals surface area contributed by atoms with Crippen molar-refractivity contribution in [3.05, 3.63) is 65.2 Å². The number of carbonyl (C=O) groups is 3. The number of carboxylic acids is 2. The fourth-order valence-electron chi connectivity index (χ4n) is 2.26. The maximum atomic E-state index is 12.2. The van der Waals surface area contributed by atoms with Crippen LogP contribution in [-0.4, -0.2) is 28.1 Å². The molecule has 2 aromatic carbocycles. The fraction of sp³-hybridized carbons (Fsp3) is 0.167. The quantitative estimate of drug-likeness (QED) is 0.725. The van der Waals surface area contributed by atoms with Crippen LogP contribution in [0, 0.1) is 0 Å². The number of carboxylic acid groups (broad SMARTS) is 2. The van der Waals surface area contributed by atoms with Gasteiger partial charge in [0.1, 0.15) is 0 Å². The Kier molecular flexibility index (Phi) is 5.68. The monoisotopic (exact) mass is 327 g/mol. The van der Waals surface area contributed by atoms with E-state index in [1.54, 1.807) is 36.4 Å². The van der Waals surface area contributed by atoms with Crippen LogP contribution in [0.15, 0.2) is 48.5 Å². The zero-order chi connectivity index (χ0) is 17.5. The number of carbonyl (C=O) groups excluding carboxylic acids is 1. The van der Waals surface area contributed by atoms with Crippen molar-refractivity contribution in [1.29, 1.82) is 0 Å². The van der Waals surface area contributed by atoms with Gasteiger partial charge in [-0.15, -0.1) is 0 Å². The summed E-state index contributed by atoms with van der Waals surface area (Å²) in [7, 11) is 0. The van der Waals surface area contributed by atoms with Gasteiger partial charge in [0.2, 0.25) is 0 Å². The molecule has 0 aromatic heterocycles. The van der Waals surface area contributed by atoms with E-state index in [0.29, 0.717) is 18.5 Å². The van der Waals surface area contributed by atoms with Gasteiger partial charge in [-0.3, -0.25) is 9.59 Å². The third-order valence-corrected chi connectivity index (χ3v) is 3.47. The smallest absolute Gasteiger partial charge is 0.336 e. The molecule has 0 aliphatic carbocycles. The molecule has 0 radical (unpaired) electrons. The number of hydrogen-bond acceptors (Lipinski definition) is 3. The number of benzene rings is 2. The molecule has 0 saturated heterocycles. The van der Waals surface area contributed by atoms with E-state index in [-0.39, 0.29) is 17.5 Å². The van der Waals surface area contributed by atoms with Crippen LogP contribution < -0.4 is 5.32 Å². The van der Waals surface area contributed by atoms with Gasteiger partial charge < -0.3 is 15.5 Å². The highest BCUT2D eigenvalue weighted by molar-refractivity contribution is 6.10. The van der Waals surface area contributed by atoms with Gasteiger partial charge in [-0.05, 0) is 42.7 Å². The molecule has 0 spiro atoms. The van der Waals surface area contributed by atoms with Crippen molar-refractivity contribution < 1.29 is 24.6 Å². The summed E-state index contributed by atoms with van der Waals surface area (Å²) in [6, 6.07) is 13.0. The van der Waals surface area contributed by atoms with Gasteiger partial charge >= 0.3 is 11.9 Å². The van der Waals surface area contributed by atoms with Crippen LogP contribution in [0.1, 0.15) is 39.1 Å². The zero-order valence-electron chi connectivity index (χ0n) is 12.9. The lowest BCUT2D eigenvalue weighted by Gasteiger charge is -2.08. The van der Waals surface area contributed by atoms with E-state index in [9.17, 15) is 14.4 Å². The molecule has 2 rings (SSSR count). The van der Waals surface area contributed by atoms with E-state index < -0.39 is 17.8 Å². The molecule has 0 aliphatic rings. The summed E-state index contributed by atoms with van der Waals surface area (Å²) in [5, 5.41) is 20.4. The highest BCUT2D eigenvalue weighted by Gasteiger charge is 2.15. The average Bonchev–Trinajstić information content (AvgIpc) is 2.56. The van der Waals surface area contributed by atoms with E-state index in [1.165, 1.54) is 12.1 Å². The van der Waals surface area contributed by atoms with Crippen molar-refractivity contribution in [2.45, 2.75) is 19.3 Å². The van der Waals surface area contributed by atoms with E-state index in [1.807, 2.05) is 0 Å². The lowest BCUT2D eigenvalue weighted by molar-refractivity contribution is -0.137. The Morgan fingerprint density at radius 1 is 0.875 bits per heavy atom. The number of amides is 1. The summed E-state index contributed by atoms with van der Waals surface area (Å²) < 4.78 is 0. The molecule has 6 nitrogen and oxygen atoms in total. The summed E-state index contributed by atoms with van der Waals surface area (Å²) in [5.74, 6) is -2.47. The first-order valence-electron chi connectivity index (χ1n) is 7.42. The number of aliphatic carboxylic acids is 1. The second-order valence-corrected chi connectivity index (χ2v) is 5.25. The summed E-state index contributed by atoms with van der Waals surface area (Å²) in [6.45, 7) is 0. The molecule has 0 aliphatic heterocycles. The van der Waals surface area contributed by atoms with E-state index in [2.05, 4.69) is 5.32 Å². The maximum Gasteiger partial charge on any atom is 0.336 e. The molecule has 0 unspecified atom stereocenters. The summed E-state index contributed by atoms with van der Waals surface area (Å²) in [5.41, 5.74) is 1.55. The van der Waals surface area contributed by atoms with Gasteiger partial charge in [0.25, 0.3) is 5.91 Å². The normalized spacial score (nSPS) is 10.2. The molecule has 0 fully saturated rings. The van der Waals surface area contributed by atoms with Gasteiger partial charge in [-0.2, -0.15) is 0 Å². The van der Waals surface area contributed by atoms with Crippen molar-refractivity contribution in [2.75, 3.05) is 5.32 Å². The van der Waals surface area contributed by atoms with Crippen LogP contribution in [-0.2, 0) is 11.2 Å². The maximum absolute atomic E-state index is 12.2. The first kappa shape index (κ1) is 17.2. The summed E-state index contributed by atoms with van der Waals surface area (Å²) in [6.07, 6.45) is 1.31. The molecular formula is C18H17NO5. The molecule has 124 valence electrons. The highest BCUT2D eigenvalue weighted by Crippen LogP contribution is 2.15. The largest absolute Gasteiger partial charge is 0.481 e. The number of hydrogen-bond donors (Lipinski definition) is 3. The third-order valence-electron chi connectivity index (χ3n) is 3.47. The average molecular weight is 327 g/mol. The van der Waals surface area contributed by atoms with Crippen LogP contribution in [0.25, 0.3) is 0 Å². The SMILES string of the molecule is O=C(O)CCCc1ccc(NC(=O)c2ccccc2C(=O)O)cc1. The summed E-state index contributed by atoms with van der Waals surface area (Å²) >= 11 is 0. The minimum Gasteiger partial charge on any atom is -0.481 e. The molecule has 0 saturated carbocycles. The van der Waals surface area contributed by atoms with Crippen molar-refractivity contribution >= 4 is 23.5 Å². The van der Waals surface area contributed by atoms with E-state index >= 15 is 0 Å². The highest BCUT2D eigenvalue weighted by atomic mass is 16.4. The molecule has 0 heterocycles.